The maximum absolute atomic E-state index is 10.6. The number of aldehydes is 1. The van der Waals surface area contributed by atoms with Gasteiger partial charge in [-0.15, -0.1) is 0 Å². The highest BCUT2D eigenvalue weighted by Crippen LogP contribution is 2.38. The van der Waals surface area contributed by atoms with Gasteiger partial charge < -0.3 is 0 Å². The van der Waals surface area contributed by atoms with E-state index < -0.39 is 0 Å². The first-order valence-electron chi connectivity index (χ1n) is 5.33. The largest absolute Gasteiger partial charge is 0.298 e. The second-order valence-corrected chi connectivity index (χ2v) is 4.05. The van der Waals surface area contributed by atoms with E-state index in [0.29, 0.717) is 11.5 Å². The molecule has 0 aromatic carbocycles. The minimum atomic E-state index is 0.570. The second kappa shape index (κ2) is 3.56. The average Bonchev–Trinajstić information content (AvgIpc) is 3.07. The van der Waals surface area contributed by atoms with Gasteiger partial charge in [-0.1, -0.05) is 0 Å². The van der Waals surface area contributed by atoms with Crippen LogP contribution in [0.2, 0.25) is 0 Å². The molecule has 4 nitrogen and oxygen atoms in total. The van der Waals surface area contributed by atoms with Gasteiger partial charge in [0.05, 0.1) is 17.6 Å². The lowest BCUT2D eigenvalue weighted by atomic mass is 10.3. The van der Waals surface area contributed by atoms with Crippen LogP contribution >= 0.6 is 0 Å². The summed E-state index contributed by atoms with van der Waals surface area (Å²) < 4.78 is 1.77. The Morgan fingerprint density at radius 3 is 3.00 bits per heavy atom. The molecule has 0 aliphatic heterocycles. The van der Waals surface area contributed by atoms with Crippen LogP contribution in [0.25, 0.3) is 5.69 Å². The van der Waals surface area contributed by atoms with Crippen LogP contribution in [0.1, 0.15) is 34.8 Å². The summed E-state index contributed by atoms with van der Waals surface area (Å²) >= 11 is 0. The summed E-state index contributed by atoms with van der Waals surface area (Å²) in [5.74, 6) is 0.642. The molecule has 16 heavy (non-hydrogen) atoms. The van der Waals surface area contributed by atoms with E-state index in [1.165, 1.54) is 12.8 Å². The molecule has 1 aliphatic carbocycles. The van der Waals surface area contributed by atoms with Crippen molar-refractivity contribution in [1.82, 2.24) is 14.8 Å². The van der Waals surface area contributed by atoms with Crippen molar-refractivity contribution in [2.24, 2.45) is 0 Å². The summed E-state index contributed by atoms with van der Waals surface area (Å²) in [6, 6.07) is 3.81. The fourth-order valence-corrected chi connectivity index (χ4v) is 1.71. The zero-order chi connectivity index (χ0) is 11.0. The normalized spacial score (nSPS) is 15.0. The van der Waals surface area contributed by atoms with E-state index in [1.54, 1.807) is 23.1 Å². The number of pyridine rings is 1. The van der Waals surface area contributed by atoms with E-state index in [4.69, 9.17) is 0 Å². The minimum Gasteiger partial charge on any atom is -0.298 e. The maximum Gasteiger partial charge on any atom is 0.151 e. The molecule has 3 rings (SSSR count). The molecule has 0 unspecified atom stereocenters. The lowest BCUT2D eigenvalue weighted by Gasteiger charge is -2.00. The third kappa shape index (κ3) is 1.62. The van der Waals surface area contributed by atoms with Crippen LogP contribution in [0, 0.1) is 0 Å². The zero-order valence-electron chi connectivity index (χ0n) is 8.71. The number of hydrogen-bond acceptors (Lipinski definition) is 3. The first kappa shape index (κ1) is 9.27. The summed E-state index contributed by atoms with van der Waals surface area (Å²) in [6.45, 7) is 0. The fourth-order valence-electron chi connectivity index (χ4n) is 1.71. The number of aromatic nitrogens is 3. The van der Waals surface area contributed by atoms with Gasteiger partial charge in [-0.05, 0) is 25.0 Å². The first-order valence-corrected chi connectivity index (χ1v) is 5.33. The van der Waals surface area contributed by atoms with E-state index in [2.05, 4.69) is 10.1 Å². The molecule has 4 heteroatoms. The molecule has 1 fully saturated rings. The van der Waals surface area contributed by atoms with Gasteiger partial charge in [-0.2, -0.15) is 5.10 Å². The van der Waals surface area contributed by atoms with Crippen LogP contribution in [0.3, 0.4) is 0 Å². The zero-order valence-corrected chi connectivity index (χ0v) is 8.71. The Balaban J connectivity index is 1.96. The molecule has 2 heterocycles. The lowest BCUT2D eigenvalue weighted by molar-refractivity contribution is 0.112. The van der Waals surface area contributed by atoms with E-state index in [1.807, 2.05) is 12.3 Å². The molecular weight excluding hydrogens is 202 g/mol. The van der Waals surface area contributed by atoms with Gasteiger partial charge in [0.15, 0.2) is 6.29 Å². The smallest absolute Gasteiger partial charge is 0.151 e. The van der Waals surface area contributed by atoms with Gasteiger partial charge >= 0.3 is 0 Å². The Morgan fingerprint density at radius 2 is 2.25 bits per heavy atom. The van der Waals surface area contributed by atoms with Gasteiger partial charge in [0.25, 0.3) is 0 Å². The predicted octanol–water partition coefficient (Wildman–Crippen LogP) is 1.96. The van der Waals surface area contributed by atoms with Crippen LogP contribution < -0.4 is 0 Å². The van der Waals surface area contributed by atoms with Crippen molar-refractivity contribution in [3.63, 3.8) is 0 Å². The Kier molecular flexibility index (Phi) is 2.06. The van der Waals surface area contributed by atoms with E-state index in [-0.39, 0.29) is 0 Å². The highest BCUT2D eigenvalue weighted by Gasteiger charge is 2.25. The van der Waals surface area contributed by atoms with Crippen LogP contribution in [0.4, 0.5) is 0 Å². The van der Waals surface area contributed by atoms with Gasteiger partial charge in [-0.3, -0.25) is 9.78 Å². The van der Waals surface area contributed by atoms with Crippen LogP contribution in [-0.4, -0.2) is 21.1 Å². The molecule has 0 bridgehead atoms. The third-order valence-corrected chi connectivity index (χ3v) is 2.75. The standard InChI is InChI=1S/C12H11N3O/c16-8-9-5-11(7-13-6-9)15-4-3-12(14-15)10-1-2-10/h3-8,10H,1-2H2. The third-order valence-electron chi connectivity index (χ3n) is 2.75. The summed E-state index contributed by atoms with van der Waals surface area (Å²) in [5.41, 5.74) is 2.54. The molecule has 0 amide bonds. The second-order valence-electron chi connectivity index (χ2n) is 4.05. The number of hydrogen-bond donors (Lipinski definition) is 0. The van der Waals surface area contributed by atoms with Gasteiger partial charge in [0, 0.05) is 23.9 Å². The van der Waals surface area contributed by atoms with Gasteiger partial charge in [0.2, 0.25) is 0 Å². The maximum atomic E-state index is 10.6. The average molecular weight is 213 g/mol. The molecule has 1 saturated carbocycles. The van der Waals surface area contributed by atoms with Gasteiger partial charge in [-0.25, -0.2) is 4.68 Å². The van der Waals surface area contributed by atoms with Gasteiger partial charge in [0.1, 0.15) is 0 Å². The molecule has 0 spiro atoms. The molecule has 0 radical (unpaired) electrons. The number of rotatable bonds is 3. The van der Waals surface area contributed by atoms with Crippen LogP contribution in [-0.2, 0) is 0 Å². The number of nitrogens with zero attached hydrogens (tertiary/aromatic N) is 3. The quantitative estimate of drug-likeness (QED) is 0.732. The molecular formula is C12H11N3O. The van der Waals surface area contributed by atoms with E-state index in [9.17, 15) is 4.79 Å². The summed E-state index contributed by atoms with van der Waals surface area (Å²) in [7, 11) is 0. The highest BCUT2D eigenvalue weighted by molar-refractivity contribution is 5.75. The highest BCUT2D eigenvalue weighted by atomic mass is 16.1. The van der Waals surface area contributed by atoms with Crippen molar-refractivity contribution >= 4 is 6.29 Å². The minimum absolute atomic E-state index is 0.570. The van der Waals surface area contributed by atoms with Crippen molar-refractivity contribution in [3.8, 4) is 5.69 Å². The summed E-state index contributed by atoms with van der Waals surface area (Å²) in [6.07, 6.45) is 8.44. The topological polar surface area (TPSA) is 47.8 Å². The summed E-state index contributed by atoms with van der Waals surface area (Å²) in [4.78, 5) is 14.7. The molecule has 1 aliphatic rings. The predicted molar refractivity (Wildman–Crippen MR) is 58.7 cm³/mol. The van der Waals surface area contributed by atoms with Crippen LogP contribution in [0.5, 0.6) is 0 Å². The van der Waals surface area contributed by atoms with Crippen molar-refractivity contribution in [2.45, 2.75) is 18.8 Å². The molecule has 2 aromatic rings. The Hall–Kier alpha value is -1.97. The summed E-state index contributed by atoms with van der Waals surface area (Å²) in [5, 5.41) is 4.48. The van der Waals surface area contributed by atoms with Crippen molar-refractivity contribution in [1.29, 1.82) is 0 Å². The Labute approximate surface area is 92.9 Å². The molecule has 80 valence electrons. The Bertz CT molecular complexity index is 529. The van der Waals surface area contributed by atoms with Crippen molar-refractivity contribution in [3.05, 3.63) is 42.0 Å². The SMILES string of the molecule is O=Cc1cncc(-n2ccc(C3CC3)n2)c1. The number of carbonyl (C=O) groups excluding carboxylic acids is 1. The first-order chi connectivity index (χ1) is 7.86. The van der Waals surface area contributed by atoms with E-state index >= 15 is 0 Å². The van der Waals surface area contributed by atoms with Crippen LogP contribution in [0.15, 0.2) is 30.7 Å². The number of carbonyl (C=O) groups is 1. The monoisotopic (exact) mass is 213 g/mol. The Morgan fingerprint density at radius 1 is 1.38 bits per heavy atom. The molecule has 2 aromatic heterocycles. The lowest BCUT2D eigenvalue weighted by Crippen LogP contribution is -1.97. The van der Waals surface area contributed by atoms with E-state index in [0.717, 1.165) is 17.7 Å². The molecule has 0 N–H and O–H groups in total. The van der Waals surface area contributed by atoms with Crippen molar-refractivity contribution in [2.75, 3.05) is 0 Å². The molecule has 0 atom stereocenters. The molecule has 0 saturated heterocycles. The van der Waals surface area contributed by atoms with Crippen molar-refractivity contribution < 1.29 is 4.79 Å². The fraction of sp³-hybridized carbons (Fsp3) is 0.250.